The van der Waals surface area contributed by atoms with E-state index in [0.717, 1.165) is 25.7 Å². The molecule has 0 spiro atoms. The molecule has 6 heteroatoms. The summed E-state index contributed by atoms with van der Waals surface area (Å²) in [5, 5.41) is 2.87. The van der Waals surface area contributed by atoms with Crippen LogP contribution in [-0.4, -0.2) is 48.4 Å². The zero-order valence-corrected chi connectivity index (χ0v) is 15.5. The van der Waals surface area contributed by atoms with E-state index < -0.39 is 6.04 Å². The van der Waals surface area contributed by atoms with E-state index in [1.54, 1.807) is 11.8 Å². The predicted octanol–water partition coefficient (Wildman–Crippen LogP) is 2.12. The first-order chi connectivity index (χ1) is 11.4. The number of unbranched alkanes of at least 4 members (excludes halogenated alkanes) is 1. The molecule has 1 N–H and O–H groups in total. The van der Waals surface area contributed by atoms with Gasteiger partial charge in [0.15, 0.2) is 0 Å². The minimum absolute atomic E-state index is 0.00560. The van der Waals surface area contributed by atoms with E-state index in [2.05, 4.69) is 5.32 Å². The monoisotopic (exact) mass is 340 g/mol. The first-order valence-corrected chi connectivity index (χ1v) is 9.15. The fourth-order valence-corrected chi connectivity index (χ4v) is 2.92. The number of carbonyl (C=O) groups is 3. The molecular formula is C18H32N2O4. The number of carbonyl (C=O) groups excluding carboxylic acids is 3. The van der Waals surface area contributed by atoms with Crippen LogP contribution in [-0.2, 0) is 19.1 Å². The third-order valence-electron chi connectivity index (χ3n) is 4.36. The third kappa shape index (κ3) is 6.13. The lowest BCUT2D eigenvalue weighted by Crippen LogP contribution is -2.54. The largest absolute Gasteiger partial charge is 0.466 e. The summed E-state index contributed by atoms with van der Waals surface area (Å²) in [4.78, 5) is 38.5. The van der Waals surface area contributed by atoms with Crippen LogP contribution in [0.5, 0.6) is 0 Å². The van der Waals surface area contributed by atoms with E-state index >= 15 is 0 Å². The number of rotatable bonds is 8. The zero-order valence-electron chi connectivity index (χ0n) is 15.5. The van der Waals surface area contributed by atoms with E-state index in [0.29, 0.717) is 26.1 Å². The van der Waals surface area contributed by atoms with E-state index in [9.17, 15) is 14.4 Å². The van der Waals surface area contributed by atoms with E-state index in [1.165, 1.54) is 0 Å². The predicted molar refractivity (Wildman–Crippen MR) is 92.2 cm³/mol. The number of nitrogens with one attached hydrogen (secondary N) is 1. The highest BCUT2D eigenvalue weighted by Crippen LogP contribution is 2.20. The van der Waals surface area contributed by atoms with Gasteiger partial charge >= 0.3 is 5.97 Å². The van der Waals surface area contributed by atoms with E-state index in [4.69, 9.17) is 4.74 Å². The lowest BCUT2D eigenvalue weighted by molar-refractivity contribution is -0.152. The highest BCUT2D eigenvalue weighted by atomic mass is 16.5. The maximum Gasteiger partial charge on any atom is 0.310 e. The van der Waals surface area contributed by atoms with Crippen molar-refractivity contribution in [3.05, 3.63) is 0 Å². The number of piperidine rings is 1. The number of likely N-dealkylation sites (tertiary alicyclic amines) is 1. The van der Waals surface area contributed by atoms with Crippen molar-refractivity contribution in [3.8, 4) is 0 Å². The standard InChI is InChI=1S/C18H32N2O4/c1-5-7-10-15(21)19-16(13(3)4)17(22)20-11-8-9-14(12-20)18(23)24-6-2/h13-14,16H,5-12H2,1-4H3,(H,19,21). The fourth-order valence-electron chi connectivity index (χ4n) is 2.92. The van der Waals surface area contributed by atoms with Crippen LogP contribution in [0.1, 0.15) is 59.8 Å². The summed E-state index contributed by atoms with van der Waals surface area (Å²) in [5.41, 5.74) is 0. The van der Waals surface area contributed by atoms with Gasteiger partial charge in [-0.2, -0.15) is 0 Å². The Morgan fingerprint density at radius 2 is 1.96 bits per heavy atom. The van der Waals surface area contributed by atoms with Crippen molar-refractivity contribution in [1.82, 2.24) is 10.2 Å². The molecule has 1 aliphatic heterocycles. The number of nitrogens with zero attached hydrogens (tertiary/aromatic N) is 1. The molecule has 0 saturated carbocycles. The second kappa shape index (κ2) is 10.3. The molecule has 1 rings (SSSR count). The average molecular weight is 340 g/mol. The van der Waals surface area contributed by atoms with Crippen LogP contribution in [0, 0.1) is 11.8 Å². The summed E-state index contributed by atoms with van der Waals surface area (Å²) in [6, 6.07) is -0.532. The quantitative estimate of drug-likeness (QED) is 0.687. The molecule has 1 fully saturated rings. The van der Waals surface area contributed by atoms with Crippen LogP contribution in [0.25, 0.3) is 0 Å². The van der Waals surface area contributed by atoms with Gasteiger partial charge in [0, 0.05) is 19.5 Å². The Kier molecular flexibility index (Phi) is 8.79. The summed E-state index contributed by atoms with van der Waals surface area (Å²) in [5.74, 6) is -0.660. The molecule has 0 aromatic heterocycles. The first kappa shape index (κ1) is 20.5. The molecule has 1 heterocycles. The van der Waals surface area contributed by atoms with Crippen LogP contribution in [0.4, 0.5) is 0 Å². The van der Waals surface area contributed by atoms with Crippen molar-refractivity contribution in [1.29, 1.82) is 0 Å². The summed E-state index contributed by atoms with van der Waals surface area (Å²) >= 11 is 0. The van der Waals surface area contributed by atoms with Crippen LogP contribution in [0.15, 0.2) is 0 Å². The molecule has 0 aromatic rings. The molecule has 24 heavy (non-hydrogen) atoms. The van der Waals surface area contributed by atoms with Gasteiger partial charge in [-0.15, -0.1) is 0 Å². The van der Waals surface area contributed by atoms with Gasteiger partial charge in [0.2, 0.25) is 11.8 Å². The topological polar surface area (TPSA) is 75.7 Å². The molecule has 138 valence electrons. The van der Waals surface area contributed by atoms with Gasteiger partial charge in [-0.25, -0.2) is 0 Å². The molecule has 0 aromatic carbocycles. The van der Waals surface area contributed by atoms with Gasteiger partial charge < -0.3 is 15.0 Å². The van der Waals surface area contributed by atoms with E-state index in [1.807, 2.05) is 20.8 Å². The Morgan fingerprint density at radius 1 is 1.25 bits per heavy atom. The summed E-state index contributed by atoms with van der Waals surface area (Å²) < 4.78 is 5.08. The van der Waals surface area contributed by atoms with Crippen molar-refractivity contribution in [3.63, 3.8) is 0 Å². The van der Waals surface area contributed by atoms with Crippen molar-refractivity contribution < 1.29 is 19.1 Å². The van der Waals surface area contributed by atoms with Crippen molar-refractivity contribution >= 4 is 17.8 Å². The Bertz CT molecular complexity index is 437. The van der Waals surface area contributed by atoms with Crippen LogP contribution < -0.4 is 5.32 Å². The molecule has 1 aliphatic rings. The number of hydrogen-bond acceptors (Lipinski definition) is 4. The zero-order chi connectivity index (χ0) is 18.1. The Morgan fingerprint density at radius 3 is 2.54 bits per heavy atom. The van der Waals surface area contributed by atoms with Gasteiger partial charge in [0.25, 0.3) is 0 Å². The average Bonchev–Trinajstić information content (AvgIpc) is 2.57. The van der Waals surface area contributed by atoms with Gasteiger partial charge in [-0.1, -0.05) is 27.2 Å². The number of amides is 2. The van der Waals surface area contributed by atoms with Crippen molar-refractivity contribution in [2.24, 2.45) is 11.8 Å². The summed E-state index contributed by atoms with van der Waals surface area (Å²) in [6.45, 7) is 9.02. The molecule has 0 aliphatic carbocycles. The molecule has 2 amide bonds. The van der Waals surface area contributed by atoms with Crippen LogP contribution in [0.2, 0.25) is 0 Å². The molecule has 2 atom stereocenters. The number of ether oxygens (including phenoxy) is 1. The second-order valence-corrected chi connectivity index (χ2v) is 6.77. The highest BCUT2D eigenvalue weighted by molar-refractivity contribution is 5.88. The smallest absolute Gasteiger partial charge is 0.310 e. The minimum atomic E-state index is -0.532. The maximum absolute atomic E-state index is 12.8. The van der Waals surface area contributed by atoms with Crippen LogP contribution >= 0.6 is 0 Å². The van der Waals surface area contributed by atoms with Crippen molar-refractivity contribution in [2.45, 2.75) is 65.8 Å². The lowest BCUT2D eigenvalue weighted by atomic mass is 9.95. The third-order valence-corrected chi connectivity index (χ3v) is 4.36. The van der Waals surface area contributed by atoms with Gasteiger partial charge in [0.05, 0.1) is 12.5 Å². The Hall–Kier alpha value is -1.59. The number of esters is 1. The normalized spacial score (nSPS) is 19.0. The highest BCUT2D eigenvalue weighted by Gasteiger charge is 2.34. The lowest BCUT2D eigenvalue weighted by Gasteiger charge is -2.35. The molecule has 6 nitrogen and oxygen atoms in total. The van der Waals surface area contributed by atoms with E-state index in [-0.39, 0.29) is 29.6 Å². The fraction of sp³-hybridized carbons (Fsp3) is 0.833. The minimum Gasteiger partial charge on any atom is -0.466 e. The van der Waals surface area contributed by atoms with Gasteiger partial charge in [0.1, 0.15) is 6.04 Å². The van der Waals surface area contributed by atoms with Gasteiger partial charge in [-0.3, -0.25) is 14.4 Å². The van der Waals surface area contributed by atoms with Crippen molar-refractivity contribution in [2.75, 3.05) is 19.7 Å². The molecule has 2 unspecified atom stereocenters. The molecule has 0 radical (unpaired) electrons. The molecule has 1 saturated heterocycles. The SMILES string of the molecule is CCCCC(=O)NC(C(=O)N1CCCC(C(=O)OCC)C1)C(C)C. The summed E-state index contributed by atoms with van der Waals surface area (Å²) in [6.07, 6.45) is 3.74. The molecule has 0 bridgehead atoms. The van der Waals surface area contributed by atoms with Gasteiger partial charge in [-0.05, 0) is 32.1 Å². The summed E-state index contributed by atoms with van der Waals surface area (Å²) in [7, 11) is 0. The molecular weight excluding hydrogens is 308 g/mol. The Balaban J connectivity index is 2.68. The first-order valence-electron chi connectivity index (χ1n) is 9.15. The second-order valence-electron chi connectivity index (χ2n) is 6.77. The van der Waals surface area contributed by atoms with Crippen LogP contribution in [0.3, 0.4) is 0 Å². The number of hydrogen-bond donors (Lipinski definition) is 1. The Labute approximate surface area is 145 Å². The maximum atomic E-state index is 12.8.